The van der Waals surface area contributed by atoms with E-state index in [1.807, 2.05) is 40.8 Å². The summed E-state index contributed by atoms with van der Waals surface area (Å²) in [5.41, 5.74) is 4.48. The average Bonchev–Trinajstić information content (AvgIpc) is 3.12. The first-order valence-corrected chi connectivity index (χ1v) is 10.1. The Kier molecular flexibility index (Phi) is 5.59. The summed E-state index contributed by atoms with van der Waals surface area (Å²) in [6.07, 6.45) is 0. The minimum atomic E-state index is 0.447. The van der Waals surface area contributed by atoms with Crippen LogP contribution in [0.4, 0.5) is 5.82 Å². The van der Waals surface area contributed by atoms with Crippen LogP contribution in [0.5, 0.6) is 0 Å². The van der Waals surface area contributed by atoms with Gasteiger partial charge in [-0.3, -0.25) is 4.40 Å². The maximum atomic E-state index is 9.97. The molecule has 0 spiro atoms. The number of para-hydroxylation sites is 2. The number of anilines is 1. The first-order chi connectivity index (χ1) is 14.1. The van der Waals surface area contributed by atoms with Crippen molar-refractivity contribution >= 4 is 45.7 Å². The van der Waals surface area contributed by atoms with Crippen molar-refractivity contribution in [1.82, 2.24) is 14.7 Å². The van der Waals surface area contributed by atoms with E-state index >= 15 is 0 Å². The topological polar surface area (TPSA) is 65.1 Å². The highest BCUT2D eigenvalue weighted by Crippen LogP contribution is 2.35. The molecule has 4 rings (SSSR count). The number of likely N-dealkylation sites (N-methyl/N-ethyl adjacent to an activating group) is 1. The fourth-order valence-electron chi connectivity index (χ4n) is 3.42. The lowest BCUT2D eigenvalue weighted by Gasteiger charge is -2.15. The smallest absolute Gasteiger partial charge is 0.158 e. The number of pyridine rings is 1. The summed E-state index contributed by atoms with van der Waals surface area (Å²) < 4.78 is 2.00. The molecule has 0 saturated carbocycles. The molecule has 0 fully saturated rings. The van der Waals surface area contributed by atoms with Crippen molar-refractivity contribution in [1.29, 1.82) is 5.26 Å². The number of nitrogens with one attached hydrogen (secondary N) is 2. The van der Waals surface area contributed by atoms with Gasteiger partial charge < -0.3 is 10.6 Å². The Balaban J connectivity index is 1.97. The van der Waals surface area contributed by atoms with Crippen LogP contribution in [0.3, 0.4) is 0 Å². The molecule has 7 heteroatoms. The summed E-state index contributed by atoms with van der Waals surface area (Å²) in [4.78, 5) is 4.74. The third-order valence-corrected chi connectivity index (χ3v) is 5.52. The molecule has 0 amide bonds. The number of rotatable bonds is 6. The number of imidazole rings is 1. The average molecular weight is 424 g/mol. The third-order valence-electron chi connectivity index (χ3n) is 4.78. The van der Waals surface area contributed by atoms with Gasteiger partial charge in [0, 0.05) is 18.7 Å². The predicted octanol–water partition coefficient (Wildman–Crippen LogP) is 5.35. The molecular weight excluding hydrogens is 405 g/mol. The largest absolute Gasteiger partial charge is 0.370 e. The lowest BCUT2D eigenvalue weighted by atomic mass is 10.0. The summed E-state index contributed by atoms with van der Waals surface area (Å²) in [6, 6.07) is 17.6. The van der Waals surface area contributed by atoms with Crippen LogP contribution in [0.25, 0.3) is 27.8 Å². The summed E-state index contributed by atoms with van der Waals surface area (Å²) in [7, 11) is 0. The molecule has 0 aliphatic carbocycles. The summed E-state index contributed by atoms with van der Waals surface area (Å²) in [5.74, 6) is 0.867. The van der Waals surface area contributed by atoms with Crippen LogP contribution in [-0.2, 0) is 0 Å². The summed E-state index contributed by atoms with van der Waals surface area (Å²) in [6.45, 7) is 4.55. The molecule has 146 valence electrons. The van der Waals surface area contributed by atoms with Crippen molar-refractivity contribution in [3.05, 3.63) is 64.1 Å². The Hall–Kier alpha value is -2.78. The van der Waals surface area contributed by atoms with Crippen molar-refractivity contribution < 1.29 is 0 Å². The van der Waals surface area contributed by atoms with Crippen LogP contribution >= 0.6 is 23.2 Å². The SMILES string of the molecule is CCNCCNc1cc(-c2ccc(Cl)c(Cl)c2)c(C#N)c2nc3ccccc3n12. The molecule has 2 heterocycles. The zero-order valence-corrected chi connectivity index (χ0v) is 17.3. The highest BCUT2D eigenvalue weighted by Gasteiger charge is 2.18. The molecule has 0 radical (unpaired) electrons. The van der Waals surface area contributed by atoms with E-state index in [2.05, 4.69) is 23.6 Å². The lowest BCUT2D eigenvalue weighted by Crippen LogP contribution is -2.22. The Morgan fingerprint density at radius 2 is 1.90 bits per heavy atom. The molecule has 4 aromatic rings. The van der Waals surface area contributed by atoms with Gasteiger partial charge in [0.2, 0.25) is 0 Å². The Morgan fingerprint density at radius 1 is 1.07 bits per heavy atom. The van der Waals surface area contributed by atoms with Crippen LogP contribution in [0, 0.1) is 11.3 Å². The van der Waals surface area contributed by atoms with E-state index in [1.54, 1.807) is 12.1 Å². The minimum Gasteiger partial charge on any atom is -0.370 e. The van der Waals surface area contributed by atoms with E-state index in [0.717, 1.165) is 47.6 Å². The second kappa shape index (κ2) is 8.30. The molecular formula is C22H19Cl2N5. The lowest BCUT2D eigenvalue weighted by molar-refractivity contribution is 0.737. The van der Waals surface area contributed by atoms with Crippen LogP contribution < -0.4 is 10.6 Å². The van der Waals surface area contributed by atoms with Crippen molar-refractivity contribution in [3.63, 3.8) is 0 Å². The van der Waals surface area contributed by atoms with Crippen LogP contribution in [0.15, 0.2) is 48.5 Å². The van der Waals surface area contributed by atoms with Crippen molar-refractivity contribution in [2.75, 3.05) is 25.0 Å². The highest BCUT2D eigenvalue weighted by atomic mass is 35.5. The molecule has 0 aliphatic rings. The molecule has 0 atom stereocenters. The Labute approximate surface area is 178 Å². The number of hydrogen-bond acceptors (Lipinski definition) is 4. The third kappa shape index (κ3) is 3.63. The highest BCUT2D eigenvalue weighted by molar-refractivity contribution is 6.42. The van der Waals surface area contributed by atoms with Crippen molar-refractivity contribution in [2.24, 2.45) is 0 Å². The molecule has 5 nitrogen and oxygen atoms in total. The Bertz CT molecular complexity index is 1240. The molecule has 2 N–H and O–H groups in total. The van der Waals surface area contributed by atoms with Gasteiger partial charge in [-0.2, -0.15) is 5.26 Å². The zero-order chi connectivity index (χ0) is 20.4. The van der Waals surface area contributed by atoms with Gasteiger partial charge in [-0.25, -0.2) is 4.98 Å². The number of nitriles is 1. The number of nitrogens with zero attached hydrogens (tertiary/aromatic N) is 3. The van der Waals surface area contributed by atoms with Gasteiger partial charge in [0.1, 0.15) is 17.5 Å². The van der Waals surface area contributed by atoms with Crippen LogP contribution in [0.2, 0.25) is 10.0 Å². The first-order valence-electron chi connectivity index (χ1n) is 9.38. The van der Waals surface area contributed by atoms with Gasteiger partial charge in [0.05, 0.1) is 21.1 Å². The number of aromatic nitrogens is 2. The van der Waals surface area contributed by atoms with E-state index < -0.39 is 0 Å². The van der Waals surface area contributed by atoms with E-state index in [0.29, 0.717) is 21.3 Å². The molecule has 0 bridgehead atoms. The number of halogens is 2. The van der Waals surface area contributed by atoms with E-state index in [1.165, 1.54) is 0 Å². The van der Waals surface area contributed by atoms with E-state index in [9.17, 15) is 5.26 Å². The molecule has 2 aromatic heterocycles. The van der Waals surface area contributed by atoms with Gasteiger partial charge in [0.15, 0.2) is 5.65 Å². The first kappa shape index (κ1) is 19.5. The second-order valence-electron chi connectivity index (χ2n) is 6.60. The van der Waals surface area contributed by atoms with Gasteiger partial charge >= 0.3 is 0 Å². The molecule has 0 saturated heterocycles. The second-order valence-corrected chi connectivity index (χ2v) is 7.41. The fourth-order valence-corrected chi connectivity index (χ4v) is 3.72. The maximum Gasteiger partial charge on any atom is 0.158 e. The minimum absolute atomic E-state index is 0.447. The Morgan fingerprint density at radius 3 is 2.66 bits per heavy atom. The fraction of sp³-hybridized carbons (Fsp3) is 0.182. The maximum absolute atomic E-state index is 9.97. The molecule has 2 aromatic carbocycles. The number of fused-ring (bicyclic) bond motifs is 3. The quantitative estimate of drug-likeness (QED) is 0.410. The summed E-state index contributed by atoms with van der Waals surface area (Å²) >= 11 is 12.3. The molecule has 0 unspecified atom stereocenters. The zero-order valence-electron chi connectivity index (χ0n) is 15.8. The molecule has 0 aliphatic heterocycles. The van der Waals surface area contributed by atoms with Crippen LogP contribution in [-0.4, -0.2) is 29.0 Å². The van der Waals surface area contributed by atoms with Gasteiger partial charge in [-0.1, -0.05) is 48.3 Å². The predicted molar refractivity (Wildman–Crippen MR) is 120 cm³/mol. The van der Waals surface area contributed by atoms with Gasteiger partial charge in [-0.15, -0.1) is 0 Å². The molecule has 29 heavy (non-hydrogen) atoms. The van der Waals surface area contributed by atoms with Crippen molar-refractivity contribution in [2.45, 2.75) is 6.92 Å². The van der Waals surface area contributed by atoms with Gasteiger partial charge in [-0.05, 0) is 42.4 Å². The normalized spacial score (nSPS) is 11.1. The van der Waals surface area contributed by atoms with Crippen LogP contribution in [0.1, 0.15) is 12.5 Å². The van der Waals surface area contributed by atoms with E-state index in [-0.39, 0.29) is 0 Å². The van der Waals surface area contributed by atoms with Crippen molar-refractivity contribution in [3.8, 4) is 17.2 Å². The standard InChI is InChI=1S/C22H19Cl2N5/c1-2-26-9-10-27-21-12-15(14-7-8-17(23)18(24)11-14)16(13-25)22-28-19-5-3-4-6-20(19)29(21)22/h3-8,11-12,26-27H,2,9-10H2,1H3. The summed E-state index contributed by atoms with van der Waals surface area (Å²) in [5, 5.41) is 17.7. The monoisotopic (exact) mass is 423 g/mol. The number of hydrogen-bond donors (Lipinski definition) is 2. The van der Waals surface area contributed by atoms with E-state index in [4.69, 9.17) is 28.2 Å². The van der Waals surface area contributed by atoms with Gasteiger partial charge in [0.25, 0.3) is 0 Å². The number of benzene rings is 2.